The fourth-order valence-corrected chi connectivity index (χ4v) is 2.72. The van der Waals surface area contributed by atoms with Crippen molar-refractivity contribution in [2.45, 2.75) is 33.6 Å². The summed E-state index contributed by atoms with van der Waals surface area (Å²) in [4.78, 5) is 8.41. The Morgan fingerprint density at radius 1 is 1.12 bits per heavy atom. The molecule has 0 N–H and O–H groups in total. The van der Waals surface area contributed by atoms with Gasteiger partial charge in [-0.15, -0.1) is 0 Å². The zero-order valence-corrected chi connectivity index (χ0v) is 14.2. The fourth-order valence-electron chi connectivity index (χ4n) is 2.72. The largest absolute Gasteiger partial charge is 0.493 e. The van der Waals surface area contributed by atoms with Crippen molar-refractivity contribution in [1.29, 1.82) is 0 Å². The Hall–Kier alpha value is -2.69. The van der Waals surface area contributed by atoms with Crippen LogP contribution in [0, 0.1) is 20.8 Å². The maximum absolute atomic E-state index is 6.00. The third-order valence-electron chi connectivity index (χ3n) is 3.83. The lowest BCUT2D eigenvalue weighted by molar-refractivity contribution is 0.307. The van der Waals surface area contributed by atoms with Crippen LogP contribution in [0.5, 0.6) is 5.75 Å². The molecule has 2 aromatic heterocycles. The molecule has 0 bridgehead atoms. The van der Waals surface area contributed by atoms with Gasteiger partial charge in [-0.1, -0.05) is 11.2 Å². The second-order valence-electron chi connectivity index (χ2n) is 5.89. The Kier molecular flexibility index (Phi) is 4.89. The molecule has 2 heterocycles. The van der Waals surface area contributed by atoms with Crippen molar-refractivity contribution in [1.82, 2.24) is 15.1 Å². The standard InChI is InChI=1S/C19H21N3O2/c1-13-10-17(19-21-15(3)24-22-19)11-14(2)18(13)23-9-5-7-16-6-4-8-20-12-16/h4,6,8,10-12H,5,7,9H2,1-3H3. The third kappa shape index (κ3) is 3.79. The van der Waals surface area contributed by atoms with Crippen LogP contribution >= 0.6 is 0 Å². The molecule has 0 spiro atoms. The summed E-state index contributed by atoms with van der Waals surface area (Å²) in [6.07, 6.45) is 5.61. The summed E-state index contributed by atoms with van der Waals surface area (Å²) in [5.41, 5.74) is 4.34. The summed E-state index contributed by atoms with van der Waals surface area (Å²) in [5.74, 6) is 2.11. The minimum atomic E-state index is 0.566. The molecule has 0 aliphatic carbocycles. The molecule has 0 aliphatic rings. The predicted molar refractivity (Wildman–Crippen MR) is 92.0 cm³/mol. The zero-order chi connectivity index (χ0) is 16.9. The van der Waals surface area contributed by atoms with E-state index in [2.05, 4.69) is 21.2 Å². The monoisotopic (exact) mass is 323 g/mol. The molecular weight excluding hydrogens is 302 g/mol. The second-order valence-corrected chi connectivity index (χ2v) is 5.89. The van der Waals surface area contributed by atoms with Gasteiger partial charge in [-0.3, -0.25) is 4.98 Å². The summed E-state index contributed by atoms with van der Waals surface area (Å²) in [6.45, 7) is 6.55. The van der Waals surface area contributed by atoms with Crippen molar-refractivity contribution >= 4 is 0 Å². The first-order valence-corrected chi connectivity index (χ1v) is 8.07. The summed E-state index contributed by atoms with van der Waals surface area (Å²) in [6, 6.07) is 8.12. The lowest BCUT2D eigenvalue weighted by Gasteiger charge is -2.13. The van der Waals surface area contributed by atoms with Crippen LogP contribution in [-0.2, 0) is 6.42 Å². The fraction of sp³-hybridized carbons (Fsp3) is 0.316. The molecule has 0 amide bonds. The van der Waals surface area contributed by atoms with E-state index < -0.39 is 0 Å². The highest BCUT2D eigenvalue weighted by molar-refractivity contribution is 5.60. The van der Waals surface area contributed by atoms with E-state index in [1.165, 1.54) is 5.56 Å². The highest BCUT2D eigenvalue weighted by Gasteiger charge is 2.11. The van der Waals surface area contributed by atoms with Crippen LogP contribution in [0.3, 0.4) is 0 Å². The summed E-state index contributed by atoms with van der Waals surface area (Å²) in [7, 11) is 0. The van der Waals surface area contributed by atoms with Crippen LogP contribution in [0.15, 0.2) is 41.2 Å². The van der Waals surface area contributed by atoms with Gasteiger partial charge in [0, 0.05) is 24.9 Å². The molecule has 0 aliphatic heterocycles. The number of hydrogen-bond donors (Lipinski definition) is 0. The SMILES string of the molecule is Cc1nc(-c2cc(C)c(OCCCc3cccnc3)c(C)c2)no1. The molecular formula is C19H21N3O2. The van der Waals surface area contributed by atoms with E-state index in [4.69, 9.17) is 9.26 Å². The molecule has 0 saturated heterocycles. The van der Waals surface area contributed by atoms with Crippen molar-refractivity contribution in [2.75, 3.05) is 6.61 Å². The van der Waals surface area contributed by atoms with Gasteiger partial charge < -0.3 is 9.26 Å². The molecule has 5 nitrogen and oxygen atoms in total. The number of nitrogens with zero attached hydrogens (tertiary/aromatic N) is 3. The van der Waals surface area contributed by atoms with Gasteiger partial charge in [-0.25, -0.2) is 0 Å². The molecule has 0 unspecified atom stereocenters. The molecule has 124 valence electrons. The second kappa shape index (κ2) is 7.25. The third-order valence-corrected chi connectivity index (χ3v) is 3.83. The van der Waals surface area contributed by atoms with Crippen LogP contribution in [0.4, 0.5) is 0 Å². The Balaban J connectivity index is 1.63. The molecule has 3 rings (SSSR count). The number of aryl methyl sites for hydroxylation is 4. The molecule has 0 radical (unpaired) electrons. The van der Waals surface area contributed by atoms with E-state index in [-0.39, 0.29) is 0 Å². The Morgan fingerprint density at radius 3 is 2.54 bits per heavy atom. The first-order chi connectivity index (χ1) is 11.6. The lowest BCUT2D eigenvalue weighted by Crippen LogP contribution is -2.03. The van der Waals surface area contributed by atoms with E-state index in [9.17, 15) is 0 Å². The maximum atomic E-state index is 6.00. The summed E-state index contributed by atoms with van der Waals surface area (Å²) >= 11 is 0. The van der Waals surface area contributed by atoms with Gasteiger partial charge in [0.05, 0.1) is 6.61 Å². The van der Waals surface area contributed by atoms with Crippen LogP contribution < -0.4 is 4.74 Å². The number of ether oxygens (including phenoxy) is 1. The first kappa shape index (κ1) is 16.2. The van der Waals surface area contributed by atoms with Gasteiger partial charge in [-0.05, 0) is 61.6 Å². The van der Waals surface area contributed by atoms with Gasteiger partial charge in [0.1, 0.15) is 5.75 Å². The molecule has 0 atom stereocenters. The topological polar surface area (TPSA) is 61.0 Å². The maximum Gasteiger partial charge on any atom is 0.223 e. The van der Waals surface area contributed by atoms with E-state index >= 15 is 0 Å². The van der Waals surface area contributed by atoms with Gasteiger partial charge in [0.25, 0.3) is 0 Å². The number of rotatable bonds is 6. The van der Waals surface area contributed by atoms with E-state index in [0.717, 1.165) is 35.3 Å². The van der Waals surface area contributed by atoms with Crippen LogP contribution in [0.1, 0.15) is 29.0 Å². The Bertz CT molecular complexity index is 789. The van der Waals surface area contributed by atoms with Gasteiger partial charge in [0.2, 0.25) is 11.7 Å². The van der Waals surface area contributed by atoms with Crippen LogP contribution in [0.25, 0.3) is 11.4 Å². The Morgan fingerprint density at radius 2 is 1.92 bits per heavy atom. The summed E-state index contributed by atoms with van der Waals surface area (Å²) in [5, 5.41) is 3.97. The number of benzene rings is 1. The van der Waals surface area contributed by atoms with E-state index in [1.807, 2.05) is 38.2 Å². The van der Waals surface area contributed by atoms with Crippen molar-refractivity contribution in [3.63, 3.8) is 0 Å². The van der Waals surface area contributed by atoms with Crippen molar-refractivity contribution in [3.05, 3.63) is 59.2 Å². The first-order valence-electron chi connectivity index (χ1n) is 8.07. The molecule has 0 fully saturated rings. The van der Waals surface area contributed by atoms with Gasteiger partial charge in [-0.2, -0.15) is 4.98 Å². The molecule has 3 aromatic rings. The van der Waals surface area contributed by atoms with Crippen LogP contribution in [-0.4, -0.2) is 21.7 Å². The number of hydrogen-bond acceptors (Lipinski definition) is 5. The molecule has 5 heteroatoms. The normalized spacial score (nSPS) is 10.8. The van der Waals surface area contributed by atoms with Crippen molar-refractivity contribution in [3.8, 4) is 17.1 Å². The zero-order valence-electron chi connectivity index (χ0n) is 14.2. The number of pyridine rings is 1. The highest BCUT2D eigenvalue weighted by atomic mass is 16.5. The molecule has 1 aromatic carbocycles. The number of aromatic nitrogens is 3. The molecule has 0 saturated carbocycles. The van der Waals surface area contributed by atoms with E-state index in [0.29, 0.717) is 18.3 Å². The average Bonchev–Trinajstić information content (AvgIpc) is 3.01. The van der Waals surface area contributed by atoms with E-state index in [1.54, 1.807) is 13.1 Å². The van der Waals surface area contributed by atoms with Gasteiger partial charge >= 0.3 is 0 Å². The smallest absolute Gasteiger partial charge is 0.223 e. The summed E-state index contributed by atoms with van der Waals surface area (Å²) < 4.78 is 11.1. The van der Waals surface area contributed by atoms with Crippen molar-refractivity contribution in [2.24, 2.45) is 0 Å². The minimum absolute atomic E-state index is 0.566. The molecule has 24 heavy (non-hydrogen) atoms. The lowest BCUT2D eigenvalue weighted by atomic mass is 10.1. The van der Waals surface area contributed by atoms with Crippen molar-refractivity contribution < 1.29 is 9.26 Å². The Labute approximate surface area is 141 Å². The predicted octanol–water partition coefficient (Wildman–Crippen LogP) is 4.07. The van der Waals surface area contributed by atoms with Crippen LogP contribution in [0.2, 0.25) is 0 Å². The van der Waals surface area contributed by atoms with Gasteiger partial charge in [0.15, 0.2) is 0 Å². The minimum Gasteiger partial charge on any atom is -0.493 e. The average molecular weight is 323 g/mol. The highest BCUT2D eigenvalue weighted by Crippen LogP contribution is 2.29. The quantitative estimate of drug-likeness (QED) is 0.640.